The molecule has 2 aliphatic heterocycles. The van der Waals surface area contributed by atoms with E-state index in [9.17, 15) is 9.90 Å². The molecule has 0 spiro atoms. The predicted octanol–water partition coefficient (Wildman–Crippen LogP) is 1.71. The van der Waals surface area contributed by atoms with E-state index in [0.717, 1.165) is 29.3 Å². The van der Waals surface area contributed by atoms with Crippen molar-refractivity contribution in [3.05, 3.63) is 35.7 Å². The molecule has 10 heteroatoms. The first-order chi connectivity index (χ1) is 16.9. The van der Waals surface area contributed by atoms with E-state index in [4.69, 9.17) is 14.2 Å². The molecule has 2 aliphatic rings. The molecule has 1 amide bonds. The minimum absolute atomic E-state index is 0.0429. The number of likely N-dealkylation sites (N-methyl/N-ethyl adjacent to an activating group) is 1. The van der Waals surface area contributed by atoms with Gasteiger partial charge >= 0.3 is 0 Å². The molecule has 3 heterocycles. The number of aryl methyl sites for hydroxylation is 1. The van der Waals surface area contributed by atoms with Crippen LogP contribution in [0.4, 0.5) is 0 Å². The fourth-order valence-electron chi connectivity index (χ4n) is 4.56. The van der Waals surface area contributed by atoms with Crippen molar-refractivity contribution in [2.75, 3.05) is 40.0 Å². The largest absolute Gasteiger partial charge is 0.486 e. The molecule has 2 aromatic rings. The summed E-state index contributed by atoms with van der Waals surface area (Å²) in [7, 11) is 2.06. The van der Waals surface area contributed by atoms with Crippen LogP contribution in [0.25, 0.3) is 0 Å². The predicted molar refractivity (Wildman–Crippen MR) is 129 cm³/mol. The molecule has 4 rings (SSSR count). The third kappa shape index (κ3) is 6.71. The zero-order valence-electron chi connectivity index (χ0n) is 20.9. The summed E-state index contributed by atoms with van der Waals surface area (Å²) < 4.78 is 19.5. The Morgan fingerprint density at radius 1 is 1.26 bits per heavy atom. The van der Waals surface area contributed by atoms with Crippen molar-refractivity contribution in [1.29, 1.82) is 0 Å². The van der Waals surface area contributed by atoms with Gasteiger partial charge in [-0.3, -0.25) is 14.4 Å². The van der Waals surface area contributed by atoms with Crippen LogP contribution in [0.15, 0.2) is 24.4 Å². The second-order valence-corrected chi connectivity index (χ2v) is 9.66. The Labute approximate surface area is 206 Å². The van der Waals surface area contributed by atoms with E-state index in [1.165, 1.54) is 0 Å². The minimum Gasteiger partial charge on any atom is -0.486 e. The van der Waals surface area contributed by atoms with Crippen molar-refractivity contribution in [2.45, 2.75) is 58.5 Å². The topological polar surface area (TPSA) is 102 Å². The summed E-state index contributed by atoms with van der Waals surface area (Å²) in [4.78, 5) is 17.0. The van der Waals surface area contributed by atoms with Crippen molar-refractivity contribution in [2.24, 2.45) is 5.92 Å². The van der Waals surface area contributed by atoms with Gasteiger partial charge in [0.1, 0.15) is 18.9 Å². The fraction of sp³-hybridized carbons (Fsp3) is 0.640. The van der Waals surface area contributed by atoms with Gasteiger partial charge in [0.05, 0.1) is 31.6 Å². The van der Waals surface area contributed by atoms with E-state index in [-0.39, 0.29) is 30.6 Å². The van der Waals surface area contributed by atoms with Gasteiger partial charge in [-0.05, 0) is 38.1 Å². The van der Waals surface area contributed by atoms with E-state index < -0.39 is 0 Å². The molecular weight excluding hydrogens is 450 g/mol. The van der Waals surface area contributed by atoms with Gasteiger partial charge in [-0.25, -0.2) is 0 Å². The smallest absolute Gasteiger partial charge is 0.222 e. The second-order valence-electron chi connectivity index (χ2n) is 9.66. The molecule has 2 bridgehead atoms. The van der Waals surface area contributed by atoms with Gasteiger partial charge in [-0.1, -0.05) is 18.2 Å². The van der Waals surface area contributed by atoms with E-state index in [2.05, 4.69) is 35.2 Å². The van der Waals surface area contributed by atoms with E-state index >= 15 is 0 Å². The van der Waals surface area contributed by atoms with Crippen LogP contribution >= 0.6 is 0 Å². The van der Waals surface area contributed by atoms with Gasteiger partial charge in [0.15, 0.2) is 11.5 Å². The van der Waals surface area contributed by atoms with Crippen LogP contribution in [0, 0.1) is 5.92 Å². The lowest BCUT2D eigenvalue weighted by Crippen LogP contribution is -2.47. The second kappa shape index (κ2) is 11.8. The molecule has 1 aromatic heterocycles. The Bertz CT molecular complexity index is 983. The highest BCUT2D eigenvalue weighted by molar-refractivity contribution is 5.76. The average Bonchev–Trinajstić information content (AvgIpc) is 3.31. The van der Waals surface area contributed by atoms with Crippen LogP contribution in [-0.4, -0.2) is 87.9 Å². The Balaban J connectivity index is 1.47. The normalized spacial score (nSPS) is 22.3. The monoisotopic (exact) mass is 487 g/mol. The summed E-state index contributed by atoms with van der Waals surface area (Å²) in [5.74, 6) is 1.66. The number of benzene rings is 1. The maximum Gasteiger partial charge on any atom is 0.222 e. The molecule has 3 atom stereocenters. The van der Waals surface area contributed by atoms with Crippen molar-refractivity contribution >= 4 is 5.91 Å². The molecule has 10 nitrogen and oxygen atoms in total. The number of carbonyl (C=O) groups is 1. The molecule has 0 aliphatic carbocycles. The third-order valence-corrected chi connectivity index (χ3v) is 6.60. The summed E-state index contributed by atoms with van der Waals surface area (Å²) in [6.45, 7) is 7.94. The lowest BCUT2D eigenvalue weighted by Gasteiger charge is -2.35. The Morgan fingerprint density at radius 2 is 2.06 bits per heavy atom. The average molecular weight is 488 g/mol. The van der Waals surface area contributed by atoms with Gasteiger partial charge in [-0.15, -0.1) is 5.10 Å². The van der Waals surface area contributed by atoms with E-state index in [1.54, 1.807) is 9.58 Å². The molecule has 0 saturated carbocycles. The van der Waals surface area contributed by atoms with Gasteiger partial charge in [0.2, 0.25) is 5.91 Å². The number of fused-ring (bicyclic) bond motifs is 3. The zero-order valence-corrected chi connectivity index (χ0v) is 20.9. The number of rotatable bonds is 6. The number of nitrogens with zero attached hydrogens (tertiary/aromatic N) is 5. The van der Waals surface area contributed by atoms with E-state index in [1.807, 2.05) is 25.3 Å². The molecule has 0 saturated heterocycles. The standard InChI is InChI=1S/C25H37N5O5/c1-18-12-30(19(2)16-31)25(32)5-4-8-29-14-21(26-27-29)17-35-24(18)15-28(3)13-20-6-7-22-23(11-20)34-10-9-33-22/h6-7,11,14,18-19,24,31H,4-5,8-10,12-13,15-17H2,1-3H3/t18-,19-,24+/m1/s1. The van der Waals surface area contributed by atoms with Crippen molar-refractivity contribution in [3.8, 4) is 11.5 Å². The van der Waals surface area contributed by atoms with Crippen molar-refractivity contribution in [1.82, 2.24) is 24.8 Å². The Kier molecular flexibility index (Phi) is 8.59. The first-order valence-electron chi connectivity index (χ1n) is 12.4. The van der Waals surface area contributed by atoms with Gasteiger partial charge < -0.3 is 24.2 Å². The molecule has 192 valence electrons. The lowest BCUT2D eigenvalue weighted by molar-refractivity contribution is -0.136. The van der Waals surface area contributed by atoms with Crippen LogP contribution in [0.5, 0.6) is 11.5 Å². The number of carbonyl (C=O) groups excluding carboxylic acids is 1. The van der Waals surface area contributed by atoms with Gasteiger partial charge in [0.25, 0.3) is 0 Å². The van der Waals surface area contributed by atoms with Gasteiger partial charge in [0, 0.05) is 38.5 Å². The highest BCUT2D eigenvalue weighted by atomic mass is 16.6. The molecular formula is C25H37N5O5. The molecule has 0 unspecified atom stereocenters. The number of hydrogen-bond acceptors (Lipinski definition) is 8. The molecule has 1 N–H and O–H groups in total. The number of aliphatic hydroxyl groups excluding tert-OH is 1. The summed E-state index contributed by atoms with van der Waals surface area (Å²) in [5.41, 5.74) is 1.91. The number of amides is 1. The zero-order chi connectivity index (χ0) is 24.8. The minimum atomic E-state index is -0.247. The maximum atomic E-state index is 13.0. The van der Waals surface area contributed by atoms with Crippen molar-refractivity contribution in [3.63, 3.8) is 0 Å². The highest BCUT2D eigenvalue weighted by Gasteiger charge is 2.28. The van der Waals surface area contributed by atoms with Crippen LogP contribution in [-0.2, 0) is 29.2 Å². The van der Waals surface area contributed by atoms with E-state index in [0.29, 0.717) is 52.3 Å². The summed E-state index contributed by atoms with van der Waals surface area (Å²) >= 11 is 0. The summed E-state index contributed by atoms with van der Waals surface area (Å²) in [6.07, 6.45) is 2.82. The summed E-state index contributed by atoms with van der Waals surface area (Å²) in [5, 5.41) is 18.2. The third-order valence-electron chi connectivity index (χ3n) is 6.60. The number of aromatic nitrogens is 3. The lowest BCUT2D eigenvalue weighted by atomic mass is 10.0. The van der Waals surface area contributed by atoms with Crippen LogP contribution < -0.4 is 9.47 Å². The van der Waals surface area contributed by atoms with Crippen LogP contribution in [0.1, 0.15) is 37.9 Å². The quantitative estimate of drug-likeness (QED) is 0.657. The summed E-state index contributed by atoms with van der Waals surface area (Å²) in [6, 6.07) is 5.80. The van der Waals surface area contributed by atoms with Crippen LogP contribution in [0.3, 0.4) is 0 Å². The number of aliphatic hydroxyl groups is 1. The Hall–Kier alpha value is -2.69. The van der Waals surface area contributed by atoms with Crippen molar-refractivity contribution < 1.29 is 24.1 Å². The van der Waals surface area contributed by atoms with Gasteiger partial charge in [-0.2, -0.15) is 0 Å². The molecule has 0 fully saturated rings. The maximum absolute atomic E-state index is 13.0. The first-order valence-corrected chi connectivity index (χ1v) is 12.4. The fourth-order valence-corrected chi connectivity index (χ4v) is 4.56. The highest BCUT2D eigenvalue weighted by Crippen LogP contribution is 2.31. The molecule has 0 radical (unpaired) electrons. The number of hydrogen-bond donors (Lipinski definition) is 1. The molecule has 1 aromatic carbocycles. The molecule has 35 heavy (non-hydrogen) atoms. The van der Waals surface area contributed by atoms with Crippen LogP contribution in [0.2, 0.25) is 0 Å². The SMILES string of the molecule is C[C@@H]1CN([C@H](C)CO)C(=O)CCCn2cc(nn2)CO[C@H]1CN(C)Cc1ccc2c(c1)OCCO2. The first kappa shape index (κ1) is 25.4. The Morgan fingerprint density at radius 3 is 2.86 bits per heavy atom. The number of ether oxygens (including phenoxy) is 3.